The second kappa shape index (κ2) is 19.5. The van der Waals surface area contributed by atoms with E-state index < -0.39 is 12.1 Å². The van der Waals surface area contributed by atoms with Crippen molar-refractivity contribution in [3.05, 3.63) is 118 Å². The first-order chi connectivity index (χ1) is 30.2. The number of halogens is 2. The molecule has 2 fully saturated rings. The van der Waals surface area contributed by atoms with Crippen molar-refractivity contribution in [3.8, 4) is 0 Å². The summed E-state index contributed by atoms with van der Waals surface area (Å²) >= 11 is 13.2. The summed E-state index contributed by atoms with van der Waals surface area (Å²) in [6, 6.07) is 26.0. The van der Waals surface area contributed by atoms with Gasteiger partial charge in [-0.25, -0.2) is 19.6 Å². The quantitative estimate of drug-likeness (QED) is 0.112. The molecule has 0 spiro atoms. The SMILES string of the molecule is COCCCn1c(C2CCCN(C(=O)Nc3ccc(C)c(Cl)c3)C2C2C(c3nc4ccccc4n3CCCOC)CCCN2C(=O)Nc2ccc(C)c(Cl)c2)nc2ccccc21. The molecule has 0 saturated carbocycles. The minimum atomic E-state index is -0.521. The predicted octanol–water partition coefficient (Wildman–Crippen LogP) is 10.6. The van der Waals surface area contributed by atoms with E-state index in [2.05, 4.69) is 31.9 Å². The number of methoxy groups -OCH3 is 2. The molecule has 2 aromatic heterocycles. The molecule has 14 heteroatoms. The fourth-order valence-electron chi connectivity index (χ4n) is 9.61. The number of anilines is 2. The summed E-state index contributed by atoms with van der Waals surface area (Å²) in [5, 5.41) is 7.56. The van der Waals surface area contributed by atoms with Gasteiger partial charge in [-0.05, 0) is 112 Å². The number of ether oxygens (including phenoxy) is 2. The Hall–Kier alpha value is -5.14. The van der Waals surface area contributed by atoms with Crippen LogP contribution in [0.4, 0.5) is 21.0 Å². The monoisotopic (exact) mass is 878 g/mol. The molecule has 4 aromatic carbocycles. The first kappa shape index (κ1) is 43.5. The van der Waals surface area contributed by atoms with E-state index in [1.165, 1.54) is 0 Å². The fraction of sp³-hybridized carbons (Fsp3) is 0.417. The van der Waals surface area contributed by atoms with Crippen LogP contribution in [0.1, 0.15) is 73.1 Å². The summed E-state index contributed by atoms with van der Waals surface area (Å²) in [6.45, 7) is 7.39. The number of carbonyl (C=O) groups is 2. The number of aryl methyl sites for hydroxylation is 4. The molecule has 326 valence electrons. The standard InChI is InChI=1S/C48H56Cl2N8O4/c1-31-19-21-33(29-37(31)49)51-47(59)57-23-9-13-35(45-53-39-15-5-7-17-41(39)55(45)25-11-27-61-3)43(57)44-36(46-54-40-16-6-8-18-42(40)56(46)26-12-28-62-4)14-10-24-58(44)48(60)52-34-22-20-32(2)38(50)30-34/h5-8,15-22,29-30,35-36,43-44H,9-14,23-28H2,1-4H3,(H,51,59)(H,52,60). The van der Waals surface area contributed by atoms with Gasteiger partial charge in [-0.3, -0.25) is 0 Å². The topological polar surface area (TPSA) is 119 Å². The Morgan fingerprint density at radius 3 is 1.47 bits per heavy atom. The Bertz CT molecular complexity index is 2370. The molecule has 6 aromatic rings. The van der Waals surface area contributed by atoms with E-state index in [-0.39, 0.29) is 23.9 Å². The van der Waals surface area contributed by atoms with E-state index in [1.807, 2.05) is 84.3 Å². The van der Waals surface area contributed by atoms with Gasteiger partial charge in [0.15, 0.2) is 0 Å². The van der Waals surface area contributed by atoms with E-state index >= 15 is 9.59 Å². The van der Waals surface area contributed by atoms with Crippen molar-refractivity contribution in [1.29, 1.82) is 0 Å². The maximum Gasteiger partial charge on any atom is 0.322 e. The summed E-state index contributed by atoms with van der Waals surface area (Å²) in [6.07, 6.45) is 4.57. The van der Waals surface area contributed by atoms with Crippen LogP contribution in [0, 0.1) is 13.8 Å². The smallest absolute Gasteiger partial charge is 0.322 e. The number of benzene rings is 4. The van der Waals surface area contributed by atoms with Crippen LogP contribution < -0.4 is 10.6 Å². The molecule has 0 aliphatic carbocycles. The molecular weight excluding hydrogens is 823 g/mol. The van der Waals surface area contributed by atoms with Gasteiger partial charge in [0, 0.05) is 86.9 Å². The molecule has 12 nitrogen and oxygen atoms in total. The number of piperidine rings is 2. The minimum Gasteiger partial charge on any atom is -0.385 e. The normalized spacial score (nSPS) is 19.3. The van der Waals surface area contributed by atoms with Gasteiger partial charge in [-0.1, -0.05) is 59.6 Å². The number of nitrogens with one attached hydrogen (secondary N) is 2. The Morgan fingerprint density at radius 1 is 0.645 bits per heavy atom. The average Bonchev–Trinajstić information content (AvgIpc) is 3.84. The van der Waals surface area contributed by atoms with E-state index in [0.717, 1.165) is 83.4 Å². The highest BCUT2D eigenvalue weighted by Gasteiger charge is 2.51. The number of amides is 4. The first-order valence-corrected chi connectivity index (χ1v) is 22.5. The Kier molecular flexibility index (Phi) is 13.7. The van der Waals surface area contributed by atoms with Crippen LogP contribution in [0.25, 0.3) is 22.1 Å². The highest BCUT2D eigenvalue weighted by atomic mass is 35.5. The number of aromatic nitrogens is 4. The zero-order chi connectivity index (χ0) is 43.3. The van der Waals surface area contributed by atoms with E-state index in [9.17, 15) is 0 Å². The zero-order valence-electron chi connectivity index (χ0n) is 35.9. The van der Waals surface area contributed by atoms with Crippen LogP contribution in [0.2, 0.25) is 10.0 Å². The van der Waals surface area contributed by atoms with Crippen molar-refractivity contribution < 1.29 is 19.1 Å². The largest absolute Gasteiger partial charge is 0.385 e. The van der Waals surface area contributed by atoms with Crippen molar-refractivity contribution in [2.75, 3.05) is 51.2 Å². The second-order valence-corrected chi connectivity index (χ2v) is 17.4. The number of hydrogen-bond donors (Lipinski definition) is 2. The van der Waals surface area contributed by atoms with Gasteiger partial charge < -0.3 is 39.0 Å². The number of urea groups is 2. The van der Waals surface area contributed by atoms with Gasteiger partial charge in [0.2, 0.25) is 0 Å². The highest BCUT2D eigenvalue weighted by molar-refractivity contribution is 6.32. The van der Waals surface area contributed by atoms with E-state index in [1.54, 1.807) is 26.4 Å². The molecular formula is C48H56Cl2N8O4. The summed E-state index contributed by atoms with van der Waals surface area (Å²) < 4.78 is 15.7. The highest BCUT2D eigenvalue weighted by Crippen LogP contribution is 2.45. The van der Waals surface area contributed by atoms with Gasteiger partial charge >= 0.3 is 12.1 Å². The van der Waals surface area contributed by atoms with Crippen LogP contribution in [0.3, 0.4) is 0 Å². The summed E-state index contributed by atoms with van der Waals surface area (Å²) in [7, 11) is 3.44. The van der Waals surface area contributed by atoms with Crippen LogP contribution in [-0.2, 0) is 22.6 Å². The Balaban J connectivity index is 1.32. The van der Waals surface area contributed by atoms with Gasteiger partial charge in [0.25, 0.3) is 0 Å². The molecule has 2 aliphatic rings. The fourth-order valence-corrected chi connectivity index (χ4v) is 9.97. The summed E-state index contributed by atoms with van der Waals surface area (Å²) in [5.74, 6) is 1.28. The molecule has 2 saturated heterocycles. The lowest BCUT2D eigenvalue weighted by Crippen LogP contribution is -2.64. The number of nitrogens with zero attached hydrogens (tertiary/aromatic N) is 6. The second-order valence-electron chi connectivity index (χ2n) is 16.6. The van der Waals surface area contributed by atoms with Crippen LogP contribution in [0.5, 0.6) is 0 Å². The third kappa shape index (κ3) is 9.02. The molecule has 4 atom stereocenters. The van der Waals surface area contributed by atoms with Gasteiger partial charge in [-0.2, -0.15) is 0 Å². The lowest BCUT2D eigenvalue weighted by Gasteiger charge is -2.52. The number of rotatable bonds is 13. The molecule has 4 heterocycles. The average molecular weight is 880 g/mol. The van der Waals surface area contributed by atoms with Crippen LogP contribution in [0.15, 0.2) is 84.9 Å². The maximum absolute atomic E-state index is 15.1. The zero-order valence-corrected chi connectivity index (χ0v) is 37.5. The third-order valence-corrected chi connectivity index (χ3v) is 13.4. The number of carbonyl (C=O) groups excluding carboxylic acids is 2. The van der Waals surface area contributed by atoms with Crippen molar-refractivity contribution in [1.82, 2.24) is 28.9 Å². The molecule has 62 heavy (non-hydrogen) atoms. The Morgan fingerprint density at radius 2 is 1.06 bits per heavy atom. The molecule has 8 rings (SSSR count). The van der Waals surface area contributed by atoms with Gasteiger partial charge in [0.05, 0.1) is 34.2 Å². The summed E-state index contributed by atoms with van der Waals surface area (Å²) in [4.78, 5) is 44.9. The number of hydrogen-bond acceptors (Lipinski definition) is 6. The lowest BCUT2D eigenvalue weighted by molar-refractivity contribution is 0.0447. The predicted molar refractivity (Wildman–Crippen MR) is 248 cm³/mol. The van der Waals surface area contributed by atoms with E-state index in [4.69, 9.17) is 42.6 Å². The molecule has 2 aliphatic heterocycles. The molecule has 0 bridgehead atoms. The minimum absolute atomic E-state index is 0.257. The molecule has 4 unspecified atom stereocenters. The van der Waals surface area contributed by atoms with E-state index in [0.29, 0.717) is 60.8 Å². The van der Waals surface area contributed by atoms with Gasteiger partial charge in [0.1, 0.15) is 11.6 Å². The first-order valence-electron chi connectivity index (χ1n) is 21.7. The number of para-hydroxylation sites is 4. The lowest BCUT2D eigenvalue weighted by atomic mass is 9.75. The van der Waals surface area contributed by atoms with Crippen LogP contribution in [-0.4, -0.2) is 93.6 Å². The number of likely N-dealkylation sites (tertiary alicyclic amines) is 2. The van der Waals surface area contributed by atoms with Crippen molar-refractivity contribution in [2.45, 2.75) is 89.4 Å². The Labute approximate surface area is 373 Å². The van der Waals surface area contributed by atoms with Crippen LogP contribution >= 0.6 is 23.2 Å². The van der Waals surface area contributed by atoms with Crippen molar-refractivity contribution in [3.63, 3.8) is 0 Å². The molecule has 4 amide bonds. The van der Waals surface area contributed by atoms with Crippen molar-refractivity contribution >= 4 is 68.7 Å². The third-order valence-electron chi connectivity index (χ3n) is 12.6. The number of fused-ring (bicyclic) bond motifs is 2. The van der Waals surface area contributed by atoms with Gasteiger partial charge in [-0.15, -0.1) is 0 Å². The molecule has 2 N–H and O–H groups in total. The molecule has 0 radical (unpaired) electrons. The van der Waals surface area contributed by atoms with Crippen molar-refractivity contribution in [2.24, 2.45) is 0 Å². The number of imidazole rings is 2. The maximum atomic E-state index is 15.1. The summed E-state index contributed by atoms with van der Waals surface area (Å²) in [5.41, 5.74) is 6.87.